The molecule has 3 nitrogen and oxygen atoms in total. The normalized spacial score (nSPS) is 33.8. The van der Waals surface area contributed by atoms with Crippen molar-refractivity contribution in [1.29, 1.82) is 5.26 Å². The van der Waals surface area contributed by atoms with Crippen LogP contribution in [0.25, 0.3) is 0 Å². The van der Waals surface area contributed by atoms with Gasteiger partial charge in [0.15, 0.2) is 0 Å². The van der Waals surface area contributed by atoms with E-state index in [0.717, 1.165) is 31.6 Å². The number of nitriles is 1. The van der Waals surface area contributed by atoms with Gasteiger partial charge in [-0.05, 0) is 51.6 Å². The smallest absolute Gasteiger partial charge is 0.104 e. The minimum atomic E-state index is -0.539. The summed E-state index contributed by atoms with van der Waals surface area (Å²) in [4.78, 5) is 2.51. The Balaban J connectivity index is 1.70. The van der Waals surface area contributed by atoms with Crippen LogP contribution in [0.15, 0.2) is 0 Å². The Labute approximate surface area is 111 Å². The molecule has 2 aliphatic rings. The van der Waals surface area contributed by atoms with E-state index >= 15 is 0 Å². The first kappa shape index (κ1) is 13.8. The van der Waals surface area contributed by atoms with Gasteiger partial charge in [-0.25, -0.2) is 0 Å². The summed E-state index contributed by atoms with van der Waals surface area (Å²) in [7, 11) is 2.25. The molecular formula is C15H27N3. The lowest BCUT2D eigenvalue weighted by Gasteiger charge is -2.37. The maximum atomic E-state index is 9.03. The third-order valence-electron chi connectivity index (χ3n) is 5.06. The fourth-order valence-corrected chi connectivity index (χ4v) is 3.54. The van der Waals surface area contributed by atoms with Gasteiger partial charge in [-0.15, -0.1) is 0 Å². The highest BCUT2D eigenvalue weighted by Crippen LogP contribution is 2.30. The van der Waals surface area contributed by atoms with Gasteiger partial charge in [0.2, 0.25) is 0 Å². The van der Waals surface area contributed by atoms with Crippen LogP contribution in [0.1, 0.15) is 57.8 Å². The first-order valence-electron chi connectivity index (χ1n) is 7.53. The predicted octanol–water partition coefficient (Wildman–Crippen LogP) is 2.66. The molecule has 0 aromatic rings. The zero-order valence-electron chi connectivity index (χ0n) is 11.7. The van der Waals surface area contributed by atoms with Gasteiger partial charge in [0.25, 0.3) is 0 Å². The van der Waals surface area contributed by atoms with E-state index in [-0.39, 0.29) is 0 Å². The molecule has 2 rings (SSSR count). The van der Waals surface area contributed by atoms with Gasteiger partial charge in [0.05, 0.1) is 6.07 Å². The summed E-state index contributed by atoms with van der Waals surface area (Å²) >= 11 is 0. The van der Waals surface area contributed by atoms with E-state index in [2.05, 4.69) is 18.0 Å². The summed E-state index contributed by atoms with van der Waals surface area (Å²) in [6.45, 7) is 1.22. The van der Waals surface area contributed by atoms with Crippen LogP contribution in [0.3, 0.4) is 0 Å². The Morgan fingerprint density at radius 3 is 2.39 bits per heavy atom. The maximum absolute atomic E-state index is 9.03. The Bertz CT molecular complexity index is 293. The average molecular weight is 249 g/mol. The molecule has 2 aliphatic carbocycles. The second-order valence-corrected chi connectivity index (χ2v) is 6.42. The molecule has 0 aromatic carbocycles. The van der Waals surface area contributed by atoms with Crippen molar-refractivity contribution in [1.82, 2.24) is 4.90 Å². The van der Waals surface area contributed by atoms with E-state index in [1.165, 1.54) is 38.6 Å². The van der Waals surface area contributed by atoms with E-state index < -0.39 is 5.54 Å². The zero-order chi connectivity index (χ0) is 13.0. The van der Waals surface area contributed by atoms with Gasteiger partial charge in [-0.2, -0.15) is 5.26 Å². The van der Waals surface area contributed by atoms with E-state index in [0.29, 0.717) is 6.04 Å². The second-order valence-electron chi connectivity index (χ2n) is 6.42. The molecule has 0 atom stereocenters. The van der Waals surface area contributed by atoms with Crippen molar-refractivity contribution in [2.45, 2.75) is 69.4 Å². The van der Waals surface area contributed by atoms with Gasteiger partial charge in [-0.3, -0.25) is 0 Å². The number of nitrogens with zero attached hydrogens (tertiary/aromatic N) is 2. The summed E-state index contributed by atoms with van der Waals surface area (Å²) in [6, 6.07) is 2.93. The fraction of sp³-hybridized carbons (Fsp3) is 0.933. The molecule has 0 heterocycles. The lowest BCUT2D eigenvalue weighted by atomic mass is 9.80. The van der Waals surface area contributed by atoms with Gasteiger partial charge >= 0.3 is 0 Å². The highest BCUT2D eigenvalue weighted by molar-refractivity contribution is 5.07. The number of rotatable bonds is 4. The summed E-state index contributed by atoms with van der Waals surface area (Å²) in [5.74, 6) is 0.976. The van der Waals surface area contributed by atoms with Crippen LogP contribution in [0.5, 0.6) is 0 Å². The lowest BCUT2D eigenvalue weighted by molar-refractivity contribution is 0.159. The number of nitrogens with two attached hydrogens (primary N) is 1. The summed E-state index contributed by atoms with van der Waals surface area (Å²) in [5, 5.41) is 9.03. The number of hydrogen-bond donors (Lipinski definition) is 1. The molecule has 2 fully saturated rings. The molecule has 0 saturated heterocycles. The van der Waals surface area contributed by atoms with Gasteiger partial charge in [0.1, 0.15) is 5.54 Å². The van der Waals surface area contributed by atoms with Gasteiger partial charge in [0, 0.05) is 6.04 Å². The molecular weight excluding hydrogens is 222 g/mol. The van der Waals surface area contributed by atoms with Gasteiger partial charge in [-0.1, -0.05) is 25.7 Å². The SMILES string of the molecule is CN(CCC1CCCC1)C1CCC(N)(C#N)CC1. The van der Waals surface area contributed by atoms with Crippen molar-refractivity contribution < 1.29 is 0 Å². The third-order valence-corrected chi connectivity index (χ3v) is 5.06. The minimum Gasteiger partial charge on any atom is -0.313 e. The van der Waals surface area contributed by atoms with E-state index in [1.807, 2.05) is 0 Å². The molecule has 0 radical (unpaired) electrons. The highest BCUT2D eigenvalue weighted by atomic mass is 15.1. The zero-order valence-corrected chi connectivity index (χ0v) is 11.7. The van der Waals surface area contributed by atoms with Crippen LogP contribution >= 0.6 is 0 Å². The van der Waals surface area contributed by atoms with E-state index in [9.17, 15) is 0 Å². The van der Waals surface area contributed by atoms with Crippen LogP contribution in [-0.2, 0) is 0 Å². The highest BCUT2D eigenvalue weighted by Gasteiger charge is 2.33. The molecule has 0 bridgehead atoms. The Kier molecular flexibility index (Phi) is 4.64. The molecule has 18 heavy (non-hydrogen) atoms. The Hall–Kier alpha value is -0.590. The quantitative estimate of drug-likeness (QED) is 0.833. The third kappa shape index (κ3) is 3.46. The van der Waals surface area contributed by atoms with E-state index in [4.69, 9.17) is 11.0 Å². The van der Waals surface area contributed by atoms with E-state index in [1.54, 1.807) is 0 Å². The minimum absolute atomic E-state index is 0.539. The summed E-state index contributed by atoms with van der Waals surface area (Å²) < 4.78 is 0. The largest absolute Gasteiger partial charge is 0.313 e. The molecule has 2 saturated carbocycles. The van der Waals surface area contributed by atoms with Gasteiger partial charge < -0.3 is 10.6 Å². The van der Waals surface area contributed by atoms with Crippen LogP contribution in [0.2, 0.25) is 0 Å². The standard InChI is InChI=1S/C15H27N3/c1-18(11-8-13-4-2-3-5-13)14-6-9-15(17,12-16)10-7-14/h13-14H,2-11,17H2,1H3. The van der Waals surface area contributed by atoms with Crippen LogP contribution in [0.4, 0.5) is 0 Å². The topological polar surface area (TPSA) is 53.0 Å². The molecule has 2 N–H and O–H groups in total. The van der Waals surface area contributed by atoms with Crippen molar-refractivity contribution in [2.75, 3.05) is 13.6 Å². The first-order valence-corrected chi connectivity index (χ1v) is 7.53. The molecule has 0 aliphatic heterocycles. The Morgan fingerprint density at radius 2 is 1.83 bits per heavy atom. The average Bonchev–Trinajstić information content (AvgIpc) is 2.90. The molecule has 3 heteroatoms. The van der Waals surface area contributed by atoms with Crippen LogP contribution < -0.4 is 5.73 Å². The maximum Gasteiger partial charge on any atom is 0.104 e. The lowest BCUT2D eigenvalue weighted by Crippen LogP contribution is -2.47. The van der Waals surface area contributed by atoms with Crippen LogP contribution in [0, 0.1) is 17.2 Å². The molecule has 102 valence electrons. The summed E-state index contributed by atoms with van der Waals surface area (Å²) in [5.41, 5.74) is 5.48. The van der Waals surface area contributed by atoms with Crippen molar-refractivity contribution >= 4 is 0 Å². The monoisotopic (exact) mass is 249 g/mol. The van der Waals surface area contributed by atoms with Crippen molar-refractivity contribution in [3.8, 4) is 6.07 Å². The predicted molar refractivity (Wildman–Crippen MR) is 74.0 cm³/mol. The molecule has 0 unspecified atom stereocenters. The second kappa shape index (κ2) is 6.04. The van der Waals surface area contributed by atoms with Crippen molar-refractivity contribution in [3.63, 3.8) is 0 Å². The fourth-order valence-electron chi connectivity index (χ4n) is 3.54. The molecule has 0 spiro atoms. The Morgan fingerprint density at radius 1 is 1.22 bits per heavy atom. The van der Waals surface area contributed by atoms with Crippen LogP contribution in [-0.4, -0.2) is 30.1 Å². The van der Waals surface area contributed by atoms with Crippen molar-refractivity contribution in [3.05, 3.63) is 0 Å². The molecule has 0 aromatic heterocycles. The summed E-state index contributed by atoms with van der Waals surface area (Å²) in [6.07, 6.45) is 11.0. The number of hydrogen-bond acceptors (Lipinski definition) is 3. The molecule has 0 amide bonds. The first-order chi connectivity index (χ1) is 8.63. The van der Waals surface area contributed by atoms with Crippen molar-refractivity contribution in [2.24, 2.45) is 11.7 Å².